The number of hydrogen-bond acceptors (Lipinski definition) is 1. The zero-order chi connectivity index (χ0) is 10.4. The smallest absolute Gasteiger partial charge is 0.148 e. The second kappa shape index (κ2) is 6.10. The Labute approximate surface area is 101 Å². The average Bonchev–Trinajstić information content (AvgIpc) is 2.25. The van der Waals surface area contributed by atoms with Crippen LogP contribution in [-0.4, -0.2) is 6.61 Å². The molecule has 74 valence electrons. The maximum Gasteiger partial charge on any atom is 0.148 e. The van der Waals surface area contributed by atoms with Gasteiger partial charge in [0.2, 0.25) is 0 Å². The van der Waals surface area contributed by atoms with Crippen LogP contribution in [0.15, 0.2) is 18.2 Å². The van der Waals surface area contributed by atoms with E-state index < -0.39 is 0 Å². The predicted octanol–water partition coefficient (Wildman–Crippen LogP) is 3.49. The molecule has 3 heteroatoms. The van der Waals surface area contributed by atoms with E-state index in [0.29, 0.717) is 6.61 Å². The van der Waals surface area contributed by atoms with E-state index in [1.54, 1.807) is 0 Å². The Morgan fingerprint density at radius 3 is 2.14 bits per heavy atom. The maximum atomic E-state index is 5.36. The molecule has 1 rings (SSSR count). The lowest BCUT2D eigenvalue weighted by Gasteiger charge is -2.06. The van der Waals surface area contributed by atoms with Crippen LogP contribution in [0.25, 0.3) is 0 Å². The van der Waals surface area contributed by atoms with E-state index in [1.807, 2.05) is 12.1 Å². The van der Waals surface area contributed by atoms with Gasteiger partial charge in [-0.15, -0.1) is 6.42 Å². The van der Waals surface area contributed by atoms with Crippen LogP contribution in [0.5, 0.6) is 5.75 Å². The van der Waals surface area contributed by atoms with Crippen molar-refractivity contribution < 1.29 is 4.74 Å². The first-order valence-corrected chi connectivity index (χ1v) is 6.35. The maximum absolute atomic E-state index is 5.36. The van der Waals surface area contributed by atoms with Gasteiger partial charge in [-0.3, -0.25) is 0 Å². The minimum absolute atomic E-state index is 0.313. The van der Waals surface area contributed by atoms with Crippen LogP contribution >= 0.6 is 31.9 Å². The van der Waals surface area contributed by atoms with Gasteiger partial charge in [0.1, 0.15) is 12.4 Å². The van der Waals surface area contributed by atoms with Crippen LogP contribution in [0, 0.1) is 12.3 Å². The van der Waals surface area contributed by atoms with Gasteiger partial charge in [0.05, 0.1) is 0 Å². The van der Waals surface area contributed by atoms with Gasteiger partial charge in [0, 0.05) is 10.7 Å². The van der Waals surface area contributed by atoms with Gasteiger partial charge in [-0.25, -0.2) is 0 Å². The van der Waals surface area contributed by atoms with Gasteiger partial charge in [0.25, 0.3) is 0 Å². The van der Waals surface area contributed by atoms with Crippen molar-refractivity contribution in [2.24, 2.45) is 0 Å². The molecule has 0 saturated carbocycles. The van der Waals surface area contributed by atoms with Gasteiger partial charge >= 0.3 is 0 Å². The highest BCUT2D eigenvalue weighted by Gasteiger charge is 2.00. The molecular weight excluding hydrogens is 308 g/mol. The second-order valence-electron chi connectivity index (χ2n) is 2.75. The molecular formula is C11H10Br2O. The van der Waals surface area contributed by atoms with Gasteiger partial charge < -0.3 is 4.74 Å². The molecule has 0 spiro atoms. The van der Waals surface area contributed by atoms with Gasteiger partial charge in [-0.2, -0.15) is 0 Å². The normalized spacial score (nSPS) is 9.50. The molecule has 1 aromatic carbocycles. The molecule has 0 aliphatic heterocycles. The van der Waals surface area contributed by atoms with Gasteiger partial charge in [-0.1, -0.05) is 43.8 Å². The highest BCUT2D eigenvalue weighted by atomic mass is 79.9. The van der Waals surface area contributed by atoms with Crippen molar-refractivity contribution in [2.45, 2.75) is 10.7 Å². The zero-order valence-electron chi connectivity index (χ0n) is 7.59. The summed E-state index contributed by atoms with van der Waals surface area (Å²) in [6.45, 7) is 0.313. The Morgan fingerprint density at radius 2 is 1.71 bits per heavy atom. The van der Waals surface area contributed by atoms with Crippen LogP contribution in [0.2, 0.25) is 0 Å². The van der Waals surface area contributed by atoms with E-state index in [4.69, 9.17) is 11.2 Å². The number of rotatable bonds is 4. The number of alkyl halides is 2. The summed E-state index contributed by atoms with van der Waals surface area (Å²) in [7, 11) is 0. The van der Waals surface area contributed by atoms with Crippen molar-refractivity contribution in [1.29, 1.82) is 0 Å². The van der Waals surface area contributed by atoms with E-state index in [0.717, 1.165) is 16.4 Å². The van der Waals surface area contributed by atoms with E-state index >= 15 is 0 Å². The molecule has 0 fully saturated rings. The average molecular weight is 318 g/mol. The largest absolute Gasteiger partial charge is 0.481 e. The van der Waals surface area contributed by atoms with Gasteiger partial charge in [-0.05, 0) is 23.3 Å². The Bertz CT molecular complexity index is 319. The third kappa shape index (κ3) is 3.36. The van der Waals surface area contributed by atoms with Crippen molar-refractivity contribution >= 4 is 31.9 Å². The summed E-state index contributed by atoms with van der Waals surface area (Å²) >= 11 is 6.82. The molecule has 0 atom stereocenters. The molecule has 0 aromatic heterocycles. The Morgan fingerprint density at radius 1 is 1.14 bits per heavy atom. The minimum Gasteiger partial charge on any atom is -0.481 e. The first kappa shape index (κ1) is 11.6. The molecule has 0 aliphatic carbocycles. The molecule has 0 saturated heterocycles. The van der Waals surface area contributed by atoms with Crippen LogP contribution < -0.4 is 4.74 Å². The molecule has 1 aromatic rings. The van der Waals surface area contributed by atoms with E-state index in [2.05, 4.69) is 43.8 Å². The second-order valence-corrected chi connectivity index (χ2v) is 3.87. The first-order valence-electron chi connectivity index (χ1n) is 4.11. The number of terminal acetylenes is 1. The Hall–Kier alpha value is -0.460. The lowest BCUT2D eigenvalue weighted by molar-refractivity contribution is 0.370. The lowest BCUT2D eigenvalue weighted by Crippen LogP contribution is -1.95. The summed E-state index contributed by atoms with van der Waals surface area (Å²) in [5.41, 5.74) is 2.38. The van der Waals surface area contributed by atoms with Crippen molar-refractivity contribution in [3.63, 3.8) is 0 Å². The number of benzene rings is 1. The molecule has 0 radical (unpaired) electrons. The van der Waals surface area contributed by atoms with Crippen LogP contribution in [0.1, 0.15) is 11.1 Å². The summed E-state index contributed by atoms with van der Waals surface area (Å²) in [4.78, 5) is 0. The standard InChI is InChI=1S/C11H10Br2O/c1-2-3-14-11-5-9(7-12)4-10(6-11)8-13/h1,4-6H,3,7-8H2. The third-order valence-corrected chi connectivity index (χ3v) is 2.95. The molecule has 0 N–H and O–H groups in total. The van der Waals surface area contributed by atoms with Crippen LogP contribution in [-0.2, 0) is 10.7 Å². The van der Waals surface area contributed by atoms with Gasteiger partial charge in [0.15, 0.2) is 0 Å². The molecule has 0 bridgehead atoms. The van der Waals surface area contributed by atoms with Crippen molar-refractivity contribution in [3.05, 3.63) is 29.3 Å². The summed E-state index contributed by atoms with van der Waals surface area (Å²) in [5.74, 6) is 3.27. The number of halogens is 2. The minimum atomic E-state index is 0.313. The van der Waals surface area contributed by atoms with E-state index in [-0.39, 0.29) is 0 Å². The molecule has 14 heavy (non-hydrogen) atoms. The SMILES string of the molecule is C#CCOc1cc(CBr)cc(CBr)c1. The fourth-order valence-electron chi connectivity index (χ4n) is 1.09. The predicted molar refractivity (Wildman–Crippen MR) is 66.0 cm³/mol. The highest BCUT2D eigenvalue weighted by molar-refractivity contribution is 9.08. The Balaban J connectivity index is 2.87. The molecule has 0 amide bonds. The number of hydrogen-bond donors (Lipinski definition) is 0. The molecule has 0 unspecified atom stereocenters. The molecule has 0 aliphatic rings. The quantitative estimate of drug-likeness (QED) is 0.610. The summed E-state index contributed by atoms with van der Waals surface area (Å²) in [6.07, 6.45) is 5.12. The fourth-order valence-corrected chi connectivity index (χ4v) is 1.74. The first-order chi connectivity index (χ1) is 6.80. The van der Waals surface area contributed by atoms with E-state index in [1.165, 1.54) is 11.1 Å². The fraction of sp³-hybridized carbons (Fsp3) is 0.273. The van der Waals surface area contributed by atoms with Crippen molar-refractivity contribution in [3.8, 4) is 18.1 Å². The van der Waals surface area contributed by atoms with E-state index in [9.17, 15) is 0 Å². The number of ether oxygens (including phenoxy) is 1. The third-order valence-electron chi connectivity index (χ3n) is 1.66. The van der Waals surface area contributed by atoms with Crippen molar-refractivity contribution in [1.82, 2.24) is 0 Å². The molecule has 1 nitrogen and oxygen atoms in total. The summed E-state index contributed by atoms with van der Waals surface area (Å²) in [5, 5.41) is 1.64. The lowest BCUT2D eigenvalue weighted by atomic mass is 10.1. The Kier molecular flexibility index (Phi) is 5.06. The van der Waals surface area contributed by atoms with Crippen LogP contribution in [0.3, 0.4) is 0 Å². The topological polar surface area (TPSA) is 9.23 Å². The highest BCUT2D eigenvalue weighted by Crippen LogP contribution is 2.20. The molecule has 0 heterocycles. The summed E-state index contributed by atoms with van der Waals surface area (Å²) < 4.78 is 5.36. The zero-order valence-corrected chi connectivity index (χ0v) is 10.8. The van der Waals surface area contributed by atoms with Crippen molar-refractivity contribution in [2.75, 3.05) is 6.61 Å². The van der Waals surface area contributed by atoms with Crippen LogP contribution in [0.4, 0.5) is 0 Å². The summed E-state index contributed by atoms with van der Waals surface area (Å²) in [6, 6.07) is 6.09. The monoisotopic (exact) mass is 316 g/mol.